The minimum Gasteiger partial charge on any atom is -0.396 e. The van der Waals surface area contributed by atoms with Crippen LogP contribution in [0.5, 0.6) is 0 Å². The Morgan fingerprint density at radius 1 is 1.11 bits per heavy atom. The molecule has 0 radical (unpaired) electrons. The molecule has 3 rings (SSSR count). The van der Waals surface area contributed by atoms with E-state index in [4.69, 9.17) is 0 Å². The Morgan fingerprint density at radius 2 is 1.94 bits per heavy atom. The van der Waals surface area contributed by atoms with Crippen molar-refractivity contribution in [2.75, 3.05) is 6.61 Å². The highest BCUT2D eigenvalue weighted by atomic mass is 16.3. The fourth-order valence-corrected chi connectivity index (χ4v) is 4.26. The SMILES string of the molecule is OCC(Cc1ccccc1)CC1CC2CCC1C2. The quantitative estimate of drug-likeness (QED) is 0.838. The van der Waals surface area contributed by atoms with Gasteiger partial charge < -0.3 is 5.11 Å². The highest BCUT2D eigenvalue weighted by molar-refractivity contribution is 5.15. The Labute approximate surface area is 110 Å². The van der Waals surface area contributed by atoms with Crippen molar-refractivity contribution in [2.24, 2.45) is 23.7 Å². The topological polar surface area (TPSA) is 20.2 Å². The molecule has 0 spiro atoms. The molecule has 1 nitrogen and oxygen atoms in total. The summed E-state index contributed by atoms with van der Waals surface area (Å²) in [6.45, 7) is 0.350. The lowest BCUT2D eigenvalue weighted by molar-refractivity contribution is 0.178. The molecule has 2 saturated carbocycles. The van der Waals surface area contributed by atoms with Crippen molar-refractivity contribution in [1.82, 2.24) is 0 Å². The number of hydrogen-bond donors (Lipinski definition) is 1. The van der Waals surface area contributed by atoms with Crippen LogP contribution in [0, 0.1) is 23.7 Å². The number of hydrogen-bond acceptors (Lipinski definition) is 1. The van der Waals surface area contributed by atoms with Gasteiger partial charge in [0.1, 0.15) is 0 Å². The third kappa shape index (κ3) is 2.61. The van der Waals surface area contributed by atoms with E-state index in [1.54, 1.807) is 0 Å². The van der Waals surface area contributed by atoms with Crippen molar-refractivity contribution in [3.05, 3.63) is 35.9 Å². The number of aliphatic hydroxyl groups excluding tert-OH is 1. The molecule has 2 aliphatic rings. The van der Waals surface area contributed by atoms with Crippen molar-refractivity contribution < 1.29 is 5.11 Å². The first-order valence-corrected chi connectivity index (χ1v) is 7.50. The van der Waals surface area contributed by atoms with Gasteiger partial charge in [0, 0.05) is 6.61 Å². The molecule has 18 heavy (non-hydrogen) atoms. The van der Waals surface area contributed by atoms with Gasteiger partial charge in [-0.2, -0.15) is 0 Å². The molecular formula is C17H24O. The van der Waals surface area contributed by atoms with Crippen molar-refractivity contribution in [3.63, 3.8) is 0 Å². The molecule has 1 aromatic rings. The molecule has 0 aliphatic heterocycles. The average Bonchev–Trinajstić information content (AvgIpc) is 3.01. The standard InChI is InChI=1S/C17H24O/c18-12-15(8-13-4-2-1-3-5-13)11-17-10-14-6-7-16(17)9-14/h1-5,14-18H,6-12H2. The van der Waals surface area contributed by atoms with Crippen LogP contribution in [0.4, 0.5) is 0 Å². The monoisotopic (exact) mass is 244 g/mol. The van der Waals surface area contributed by atoms with Crippen LogP contribution in [0.3, 0.4) is 0 Å². The van der Waals surface area contributed by atoms with Gasteiger partial charge >= 0.3 is 0 Å². The summed E-state index contributed by atoms with van der Waals surface area (Å²) in [5.74, 6) is 3.39. The summed E-state index contributed by atoms with van der Waals surface area (Å²) in [5.41, 5.74) is 1.37. The van der Waals surface area contributed by atoms with E-state index >= 15 is 0 Å². The molecule has 98 valence electrons. The second-order valence-corrected chi connectivity index (χ2v) is 6.41. The smallest absolute Gasteiger partial charge is 0.0462 e. The van der Waals surface area contributed by atoms with E-state index in [0.29, 0.717) is 12.5 Å². The Hall–Kier alpha value is -0.820. The maximum atomic E-state index is 9.62. The van der Waals surface area contributed by atoms with Crippen LogP contribution in [0.1, 0.15) is 37.7 Å². The van der Waals surface area contributed by atoms with Crippen LogP contribution >= 0.6 is 0 Å². The van der Waals surface area contributed by atoms with Crippen molar-refractivity contribution in [3.8, 4) is 0 Å². The Balaban J connectivity index is 1.56. The number of aliphatic hydroxyl groups is 1. The summed E-state index contributed by atoms with van der Waals surface area (Å²) < 4.78 is 0. The zero-order chi connectivity index (χ0) is 12.4. The first kappa shape index (κ1) is 12.2. The first-order valence-electron chi connectivity index (χ1n) is 7.50. The van der Waals surface area contributed by atoms with Crippen molar-refractivity contribution >= 4 is 0 Å². The van der Waals surface area contributed by atoms with E-state index in [-0.39, 0.29) is 0 Å². The van der Waals surface area contributed by atoms with Gasteiger partial charge in [0.15, 0.2) is 0 Å². The molecule has 2 aliphatic carbocycles. The Bertz CT molecular complexity index is 372. The highest BCUT2D eigenvalue weighted by Gasteiger charge is 2.39. The summed E-state index contributed by atoms with van der Waals surface area (Å²) in [5, 5.41) is 9.62. The van der Waals surface area contributed by atoms with Crippen molar-refractivity contribution in [1.29, 1.82) is 0 Å². The minimum absolute atomic E-state index is 0.350. The molecular weight excluding hydrogens is 220 g/mol. The van der Waals surface area contributed by atoms with Gasteiger partial charge in [-0.05, 0) is 61.3 Å². The zero-order valence-electron chi connectivity index (χ0n) is 11.1. The highest BCUT2D eigenvalue weighted by Crippen LogP contribution is 2.50. The lowest BCUT2D eigenvalue weighted by Gasteiger charge is -2.25. The number of fused-ring (bicyclic) bond motifs is 2. The van der Waals surface area contributed by atoms with Gasteiger partial charge in [-0.3, -0.25) is 0 Å². The lowest BCUT2D eigenvalue weighted by Crippen LogP contribution is -2.19. The summed E-state index contributed by atoms with van der Waals surface area (Å²) in [6, 6.07) is 10.6. The zero-order valence-corrected chi connectivity index (χ0v) is 11.1. The number of rotatable bonds is 5. The summed E-state index contributed by atoms with van der Waals surface area (Å²) in [6.07, 6.45) is 8.14. The predicted octanol–water partition coefficient (Wildman–Crippen LogP) is 3.66. The molecule has 0 heterocycles. The van der Waals surface area contributed by atoms with Gasteiger partial charge in [0.2, 0.25) is 0 Å². The van der Waals surface area contributed by atoms with E-state index in [1.165, 1.54) is 37.7 Å². The van der Waals surface area contributed by atoms with Crippen LogP contribution < -0.4 is 0 Å². The average molecular weight is 244 g/mol. The van der Waals surface area contributed by atoms with E-state index in [0.717, 1.165) is 24.2 Å². The maximum absolute atomic E-state index is 9.62. The third-order valence-corrected chi connectivity index (χ3v) is 5.15. The van der Waals surface area contributed by atoms with E-state index < -0.39 is 0 Å². The number of benzene rings is 1. The van der Waals surface area contributed by atoms with Crippen LogP contribution in [-0.4, -0.2) is 11.7 Å². The van der Waals surface area contributed by atoms with Crippen LogP contribution in [-0.2, 0) is 6.42 Å². The van der Waals surface area contributed by atoms with Crippen LogP contribution in [0.2, 0.25) is 0 Å². The summed E-state index contributed by atoms with van der Waals surface area (Å²) in [7, 11) is 0. The summed E-state index contributed by atoms with van der Waals surface area (Å²) >= 11 is 0. The second-order valence-electron chi connectivity index (χ2n) is 6.41. The van der Waals surface area contributed by atoms with Gasteiger partial charge in [0.25, 0.3) is 0 Å². The summed E-state index contributed by atoms with van der Waals surface area (Å²) in [4.78, 5) is 0. The lowest BCUT2D eigenvalue weighted by atomic mass is 9.81. The normalized spacial score (nSPS) is 31.7. The molecule has 4 atom stereocenters. The molecule has 2 fully saturated rings. The predicted molar refractivity (Wildman–Crippen MR) is 74.3 cm³/mol. The van der Waals surface area contributed by atoms with Crippen molar-refractivity contribution in [2.45, 2.75) is 38.5 Å². The fourth-order valence-electron chi connectivity index (χ4n) is 4.26. The van der Waals surface area contributed by atoms with Crippen LogP contribution in [0.25, 0.3) is 0 Å². The maximum Gasteiger partial charge on any atom is 0.0462 e. The van der Waals surface area contributed by atoms with Gasteiger partial charge in [-0.1, -0.05) is 36.8 Å². The molecule has 0 saturated heterocycles. The van der Waals surface area contributed by atoms with Gasteiger partial charge in [-0.25, -0.2) is 0 Å². The Kier molecular flexibility index (Phi) is 3.69. The van der Waals surface area contributed by atoms with Crippen LogP contribution in [0.15, 0.2) is 30.3 Å². The fraction of sp³-hybridized carbons (Fsp3) is 0.647. The molecule has 0 amide bonds. The largest absolute Gasteiger partial charge is 0.396 e. The van der Waals surface area contributed by atoms with Gasteiger partial charge in [-0.15, -0.1) is 0 Å². The van der Waals surface area contributed by atoms with Gasteiger partial charge in [0.05, 0.1) is 0 Å². The third-order valence-electron chi connectivity index (χ3n) is 5.15. The molecule has 1 aromatic carbocycles. The Morgan fingerprint density at radius 3 is 2.56 bits per heavy atom. The van der Waals surface area contributed by atoms with E-state index in [1.807, 2.05) is 0 Å². The van der Waals surface area contributed by atoms with E-state index in [9.17, 15) is 5.11 Å². The molecule has 1 N–H and O–H groups in total. The molecule has 0 aromatic heterocycles. The first-order chi connectivity index (χ1) is 8.85. The second kappa shape index (κ2) is 5.44. The minimum atomic E-state index is 0.350. The molecule has 2 bridgehead atoms. The molecule has 1 heteroatoms. The van der Waals surface area contributed by atoms with E-state index in [2.05, 4.69) is 30.3 Å². The molecule has 4 unspecified atom stereocenters.